The Morgan fingerprint density at radius 3 is 2.33 bits per heavy atom. The van der Waals surface area contributed by atoms with Gasteiger partial charge >= 0.3 is 0 Å². The van der Waals surface area contributed by atoms with Crippen LogP contribution < -0.4 is 24.4 Å². The fraction of sp³-hybridized carbons (Fsp3) is 0.548. The molecule has 1 saturated carbocycles. The van der Waals surface area contributed by atoms with Crippen molar-refractivity contribution >= 4 is 17.3 Å². The number of amidine groups is 1. The van der Waals surface area contributed by atoms with E-state index in [1.807, 2.05) is 25.1 Å². The number of fused-ring (bicyclic) bond motifs is 2. The number of piperazine rings is 1. The molecule has 2 N–H and O–H groups in total. The molecule has 5 rings (SSSR count). The molecule has 3 aliphatic rings. The second-order valence-corrected chi connectivity index (χ2v) is 11.8. The van der Waals surface area contributed by atoms with Crippen LogP contribution in [-0.2, 0) is 11.0 Å². The average Bonchev–Trinajstić information content (AvgIpc) is 3.70. The molecule has 0 radical (unpaired) electrons. The monoisotopic (exact) mass is 552 g/mol. The van der Waals surface area contributed by atoms with Gasteiger partial charge in [0.25, 0.3) is 0 Å². The van der Waals surface area contributed by atoms with E-state index in [0.717, 1.165) is 56.0 Å². The number of nitrogens with zero attached hydrogens (tertiary/aromatic N) is 2. The molecule has 0 amide bonds. The number of ether oxygens (including phenoxy) is 3. The average molecular weight is 553 g/mol. The molecule has 1 aliphatic carbocycles. The van der Waals surface area contributed by atoms with Crippen molar-refractivity contribution in [3.05, 3.63) is 46.3 Å². The van der Waals surface area contributed by atoms with E-state index >= 15 is 4.39 Å². The summed E-state index contributed by atoms with van der Waals surface area (Å²) in [5, 5.41) is 12.4. The molecule has 2 aromatic rings. The molecule has 2 heterocycles. The summed E-state index contributed by atoms with van der Waals surface area (Å²) in [5.74, 6) is 0.494. The maximum absolute atomic E-state index is 15.8. The summed E-state index contributed by atoms with van der Waals surface area (Å²) in [7, 11) is 1.68. The first kappa shape index (κ1) is 28.2. The number of nitrogens with one attached hydrogen (secondary N) is 2. The largest absolute Gasteiger partial charge is 0.494 e. The van der Waals surface area contributed by atoms with Crippen LogP contribution in [0.15, 0.2) is 18.2 Å². The first-order chi connectivity index (χ1) is 19.1. The minimum atomic E-state index is -0.588. The number of halogens is 1. The number of ketones is 1. The fourth-order valence-corrected chi connectivity index (χ4v) is 6.05. The lowest BCUT2D eigenvalue weighted by Crippen LogP contribution is -2.44. The highest BCUT2D eigenvalue weighted by atomic mass is 19.1. The van der Waals surface area contributed by atoms with Gasteiger partial charge in [-0.1, -0.05) is 20.8 Å². The van der Waals surface area contributed by atoms with E-state index in [-0.39, 0.29) is 41.5 Å². The van der Waals surface area contributed by atoms with E-state index in [1.165, 1.54) is 0 Å². The summed E-state index contributed by atoms with van der Waals surface area (Å²) in [6.07, 6.45) is 1.49. The van der Waals surface area contributed by atoms with Gasteiger partial charge in [-0.25, -0.2) is 4.39 Å². The van der Waals surface area contributed by atoms with Crippen LogP contribution in [0, 0.1) is 11.2 Å². The van der Waals surface area contributed by atoms with Gasteiger partial charge in [-0.15, -0.1) is 0 Å². The van der Waals surface area contributed by atoms with Crippen molar-refractivity contribution in [2.45, 2.75) is 58.4 Å². The molecule has 40 heavy (non-hydrogen) atoms. The summed E-state index contributed by atoms with van der Waals surface area (Å²) in [6, 6.07) is 5.67. The third kappa shape index (κ3) is 4.68. The number of carbonyl (C=O) groups is 1. The van der Waals surface area contributed by atoms with Crippen LogP contribution in [0.2, 0.25) is 0 Å². The van der Waals surface area contributed by atoms with Crippen LogP contribution in [-0.4, -0.2) is 69.6 Å². The minimum absolute atomic E-state index is 0.0161. The number of hydrogen-bond donors (Lipinski definition) is 2. The van der Waals surface area contributed by atoms with Gasteiger partial charge in [0.1, 0.15) is 11.6 Å². The summed E-state index contributed by atoms with van der Waals surface area (Å²) in [4.78, 5) is 18.0. The van der Waals surface area contributed by atoms with Crippen LogP contribution in [0.5, 0.6) is 17.2 Å². The number of Topliss-reactive ketones (excluding diaryl/α,β-unsaturated/α-hetero) is 1. The number of carbonyl (C=O) groups excluding carboxylic acids is 1. The second kappa shape index (κ2) is 10.6. The third-order valence-corrected chi connectivity index (χ3v) is 8.19. The Balaban J connectivity index is 1.53. The Hall–Kier alpha value is -3.33. The number of benzene rings is 2. The molecular formula is C31H41FN4O4. The molecule has 2 fully saturated rings. The normalized spacial score (nSPS) is 17.7. The van der Waals surface area contributed by atoms with E-state index in [1.54, 1.807) is 18.9 Å². The third-order valence-electron chi connectivity index (χ3n) is 8.19. The minimum Gasteiger partial charge on any atom is -0.494 e. The zero-order chi connectivity index (χ0) is 28.8. The van der Waals surface area contributed by atoms with Gasteiger partial charge in [0.2, 0.25) is 0 Å². The molecule has 0 atom stereocenters. The first-order valence-electron chi connectivity index (χ1n) is 14.3. The molecule has 0 aromatic heterocycles. The molecule has 1 spiro atoms. The summed E-state index contributed by atoms with van der Waals surface area (Å²) < 4.78 is 33.1. The Morgan fingerprint density at radius 1 is 1.07 bits per heavy atom. The van der Waals surface area contributed by atoms with Gasteiger partial charge in [0.05, 0.1) is 43.7 Å². The molecule has 1 saturated heterocycles. The van der Waals surface area contributed by atoms with Gasteiger partial charge < -0.3 is 29.3 Å². The lowest BCUT2D eigenvalue weighted by Gasteiger charge is -2.34. The number of methoxy groups -OCH3 is 1. The quantitative estimate of drug-likeness (QED) is 0.430. The zero-order valence-electron chi connectivity index (χ0n) is 24.5. The van der Waals surface area contributed by atoms with Gasteiger partial charge in [0.15, 0.2) is 23.1 Å². The smallest absolute Gasteiger partial charge is 0.197 e. The van der Waals surface area contributed by atoms with Crippen LogP contribution >= 0.6 is 0 Å². The van der Waals surface area contributed by atoms with Crippen molar-refractivity contribution in [1.82, 2.24) is 10.2 Å². The lowest BCUT2D eigenvalue weighted by atomic mass is 9.84. The first-order valence-corrected chi connectivity index (χ1v) is 14.3. The van der Waals surface area contributed by atoms with E-state index in [9.17, 15) is 4.79 Å². The van der Waals surface area contributed by atoms with Gasteiger partial charge in [0, 0.05) is 37.3 Å². The molecule has 216 valence electrons. The van der Waals surface area contributed by atoms with Crippen molar-refractivity contribution in [2.24, 2.45) is 0 Å². The Morgan fingerprint density at radius 2 is 1.75 bits per heavy atom. The van der Waals surface area contributed by atoms with Crippen LogP contribution in [0.3, 0.4) is 0 Å². The van der Waals surface area contributed by atoms with Crippen molar-refractivity contribution in [3.63, 3.8) is 0 Å². The predicted octanol–water partition coefficient (Wildman–Crippen LogP) is 4.85. The van der Waals surface area contributed by atoms with Crippen molar-refractivity contribution in [1.29, 1.82) is 5.41 Å². The van der Waals surface area contributed by atoms with Crippen LogP contribution in [0.4, 0.5) is 10.1 Å². The zero-order valence-corrected chi connectivity index (χ0v) is 24.5. The molecule has 2 aromatic carbocycles. The summed E-state index contributed by atoms with van der Waals surface area (Å²) in [5.41, 5.74) is 2.54. The van der Waals surface area contributed by atoms with Crippen LogP contribution in [0.25, 0.3) is 0 Å². The van der Waals surface area contributed by atoms with Gasteiger partial charge in [-0.3, -0.25) is 10.2 Å². The second-order valence-electron chi connectivity index (χ2n) is 11.8. The topological polar surface area (TPSA) is 87.1 Å². The highest BCUT2D eigenvalue weighted by Gasteiger charge is 2.58. The van der Waals surface area contributed by atoms with Crippen molar-refractivity contribution in [3.8, 4) is 17.2 Å². The maximum atomic E-state index is 15.8. The molecule has 0 bridgehead atoms. The molecule has 2 aliphatic heterocycles. The number of hydrogen-bond acceptors (Lipinski definition) is 7. The van der Waals surface area contributed by atoms with E-state index in [2.05, 4.69) is 31.0 Å². The lowest BCUT2D eigenvalue weighted by molar-refractivity contribution is 0.0943. The Labute approximate surface area is 236 Å². The number of anilines is 1. The molecule has 8 nitrogen and oxygen atoms in total. The Bertz CT molecular complexity index is 1330. The fourth-order valence-electron chi connectivity index (χ4n) is 6.05. The summed E-state index contributed by atoms with van der Waals surface area (Å²) >= 11 is 0. The molecule has 0 unspecified atom stereocenters. The van der Waals surface area contributed by atoms with E-state index < -0.39 is 11.4 Å². The van der Waals surface area contributed by atoms with Gasteiger partial charge in [-0.2, -0.15) is 0 Å². The molecular weight excluding hydrogens is 511 g/mol. The van der Waals surface area contributed by atoms with Gasteiger partial charge in [-0.05, 0) is 55.9 Å². The van der Waals surface area contributed by atoms with Crippen LogP contribution in [0.1, 0.15) is 74.5 Å². The standard InChI is InChI=1S/C31H41FN4O4/c1-7-39-24-17-20-25(26(32)28(24)40-8-2)29(33)36(31(20)9-10-31)18-23(37)19-15-21(30(3,4)5)27(38-6)22(16-19)35-13-11-34-12-14-35/h15-17,33-34H,7-14,18H2,1-6H3. The van der Waals surface area contributed by atoms with Crippen molar-refractivity contribution in [2.75, 3.05) is 57.9 Å². The van der Waals surface area contributed by atoms with Crippen molar-refractivity contribution < 1.29 is 23.4 Å². The predicted molar refractivity (Wildman–Crippen MR) is 154 cm³/mol. The number of rotatable bonds is 9. The SMILES string of the molecule is CCOc1cc2c(c(F)c1OCC)C(=N)N(CC(=O)c1cc(N3CCNCC3)c(OC)c(C(C)(C)C)c1)C21CC1. The van der Waals surface area contributed by atoms with E-state index in [0.29, 0.717) is 23.5 Å². The maximum Gasteiger partial charge on any atom is 0.197 e. The highest BCUT2D eigenvalue weighted by Crippen LogP contribution is 2.59. The molecule has 9 heteroatoms. The van der Waals surface area contributed by atoms with E-state index in [4.69, 9.17) is 19.6 Å². The Kier molecular flexibility index (Phi) is 7.46. The summed E-state index contributed by atoms with van der Waals surface area (Å²) in [6.45, 7) is 13.9. The highest BCUT2D eigenvalue weighted by molar-refractivity contribution is 6.08.